The first-order chi connectivity index (χ1) is 11.8. The van der Waals surface area contributed by atoms with Crippen molar-refractivity contribution in [1.29, 1.82) is 0 Å². The van der Waals surface area contributed by atoms with Crippen molar-refractivity contribution < 1.29 is 4.79 Å². The van der Waals surface area contributed by atoms with E-state index in [4.69, 9.17) is 0 Å². The van der Waals surface area contributed by atoms with Crippen molar-refractivity contribution in [3.8, 4) is 11.1 Å². The Balaban J connectivity index is 1.37. The Kier molecular flexibility index (Phi) is 4.41. The standard InChI is InChI=1S/C20H17NOS2/c22-20(13-23-12-17-5-3-9-24-17)21-16-7-8-19-15(11-16)10-14-4-1-2-6-18(14)19/h1-9,11H,10,12-13H2,(H,21,22). The van der Waals surface area contributed by atoms with E-state index < -0.39 is 0 Å². The van der Waals surface area contributed by atoms with Gasteiger partial charge in [0.2, 0.25) is 5.91 Å². The largest absolute Gasteiger partial charge is 0.325 e. The Hall–Kier alpha value is -2.04. The number of anilines is 1. The first-order valence-electron chi connectivity index (χ1n) is 7.91. The van der Waals surface area contributed by atoms with Crippen molar-refractivity contribution in [1.82, 2.24) is 0 Å². The highest BCUT2D eigenvalue weighted by atomic mass is 32.2. The summed E-state index contributed by atoms with van der Waals surface area (Å²) in [6.45, 7) is 0. The van der Waals surface area contributed by atoms with Gasteiger partial charge in [-0.25, -0.2) is 0 Å². The molecule has 1 aliphatic rings. The molecule has 1 heterocycles. The molecule has 1 aliphatic carbocycles. The number of carbonyl (C=O) groups excluding carboxylic acids is 1. The minimum Gasteiger partial charge on any atom is -0.325 e. The van der Waals surface area contributed by atoms with Gasteiger partial charge in [-0.3, -0.25) is 4.79 Å². The molecule has 0 aliphatic heterocycles. The maximum absolute atomic E-state index is 12.1. The van der Waals surface area contributed by atoms with Crippen molar-refractivity contribution in [2.45, 2.75) is 12.2 Å². The van der Waals surface area contributed by atoms with E-state index in [1.54, 1.807) is 23.1 Å². The minimum absolute atomic E-state index is 0.0621. The highest BCUT2D eigenvalue weighted by molar-refractivity contribution is 7.99. The molecule has 0 unspecified atom stereocenters. The second-order valence-electron chi connectivity index (χ2n) is 5.83. The minimum atomic E-state index is 0.0621. The van der Waals surface area contributed by atoms with E-state index in [1.807, 2.05) is 12.1 Å². The van der Waals surface area contributed by atoms with Crippen LogP contribution in [0.2, 0.25) is 0 Å². The Morgan fingerprint density at radius 1 is 1.04 bits per heavy atom. The zero-order chi connectivity index (χ0) is 16.4. The molecular formula is C20H17NOS2. The Morgan fingerprint density at radius 2 is 1.92 bits per heavy atom. The number of thioether (sulfide) groups is 1. The average molecular weight is 351 g/mol. The molecule has 0 radical (unpaired) electrons. The van der Waals surface area contributed by atoms with Crippen LogP contribution in [0, 0.1) is 0 Å². The van der Waals surface area contributed by atoms with Crippen molar-refractivity contribution in [3.05, 3.63) is 76.0 Å². The maximum atomic E-state index is 12.1. The van der Waals surface area contributed by atoms with Crippen LogP contribution in [0.4, 0.5) is 5.69 Å². The summed E-state index contributed by atoms with van der Waals surface area (Å²) >= 11 is 3.39. The second-order valence-corrected chi connectivity index (χ2v) is 7.84. The summed E-state index contributed by atoms with van der Waals surface area (Å²) in [5.74, 6) is 1.44. The number of fused-ring (bicyclic) bond motifs is 3. The van der Waals surface area contributed by atoms with Gasteiger partial charge in [0.15, 0.2) is 0 Å². The molecule has 1 aromatic heterocycles. The molecule has 4 heteroatoms. The molecule has 24 heavy (non-hydrogen) atoms. The lowest BCUT2D eigenvalue weighted by Gasteiger charge is -2.07. The van der Waals surface area contributed by atoms with Crippen LogP contribution in [0.5, 0.6) is 0 Å². The van der Waals surface area contributed by atoms with Crippen molar-refractivity contribution in [2.24, 2.45) is 0 Å². The Morgan fingerprint density at radius 3 is 2.79 bits per heavy atom. The van der Waals surface area contributed by atoms with Gasteiger partial charge >= 0.3 is 0 Å². The summed E-state index contributed by atoms with van der Waals surface area (Å²) in [6.07, 6.45) is 0.947. The maximum Gasteiger partial charge on any atom is 0.234 e. The van der Waals surface area contributed by atoms with E-state index in [0.29, 0.717) is 5.75 Å². The van der Waals surface area contributed by atoms with E-state index in [-0.39, 0.29) is 5.91 Å². The lowest BCUT2D eigenvalue weighted by Crippen LogP contribution is -2.14. The molecule has 0 saturated carbocycles. The fourth-order valence-electron chi connectivity index (χ4n) is 3.06. The number of rotatable bonds is 5. The van der Waals surface area contributed by atoms with Gasteiger partial charge in [0.1, 0.15) is 0 Å². The molecule has 120 valence electrons. The van der Waals surface area contributed by atoms with E-state index in [9.17, 15) is 4.79 Å². The molecule has 2 nitrogen and oxygen atoms in total. The molecule has 0 saturated heterocycles. The zero-order valence-electron chi connectivity index (χ0n) is 13.1. The number of benzene rings is 2. The first kappa shape index (κ1) is 15.5. The molecule has 0 bridgehead atoms. The van der Waals surface area contributed by atoms with E-state index in [2.05, 4.69) is 53.2 Å². The average Bonchev–Trinajstić information content (AvgIpc) is 3.21. The molecular weight excluding hydrogens is 334 g/mol. The van der Waals surface area contributed by atoms with Crippen LogP contribution in [0.1, 0.15) is 16.0 Å². The van der Waals surface area contributed by atoms with Gasteiger partial charge in [0.05, 0.1) is 5.75 Å². The van der Waals surface area contributed by atoms with Gasteiger partial charge < -0.3 is 5.32 Å². The smallest absolute Gasteiger partial charge is 0.234 e. The van der Waals surface area contributed by atoms with E-state index in [1.165, 1.54) is 27.1 Å². The predicted octanol–water partition coefficient (Wildman–Crippen LogP) is 5.19. The van der Waals surface area contributed by atoms with Crippen LogP contribution >= 0.6 is 23.1 Å². The number of carbonyl (C=O) groups is 1. The number of amides is 1. The van der Waals surface area contributed by atoms with Crippen LogP contribution < -0.4 is 5.32 Å². The summed E-state index contributed by atoms with van der Waals surface area (Å²) < 4.78 is 0. The quantitative estimate of drug-likeness (QED) is 0.536. The van der Waals surface area contributed by atoms with Crippen molar-refractivity contribution in [2.75, 3.05) is 11.1 Å². The fourth-order valence-corrected chi connectivity index (χ4v) is 4.73. The fraction of sp³-hybridized carbons (Fsp3) is 0.150. The third kappa shape index (κ3) is 3.25. The lowest BCUT2D eigenvalue weighted by atomic mass is 10.1. The molecule has 4 rings (SSSR count). The normalized spacial score (nSPS) is 11.8. The van der Waals surface area contributed by atoms with E-state index in [0.717, 1.165) is 17.9 Å². The van der Waals surface area contributed by atoms with Gasteiger partial charge in [-0.2, -0.15) is 0 Å². The van der Waals surface area contributed by atoms with Crippen LogP contribution in [0.15, 0.2) is 60.0 Å². The summed E-state index contributed by atoms with van der Waals surface area (Å²) in [4.78, 5) is 13.4. The molecule has 0 fully saturated rings. The van der Waals surface area contributed by atoms with Crippen LogP contribution in [-0.4, -0.2) is 11.7 Å². The van der Waals surface area contributed by atoms with Crippen LogP contribution in [-0.2, 0) is 17.0 Å². The lowest BCUT2D eigenvalue weighted by molar-refractivity contribution is -0.113. The van der Waals surface area contributed by atoms with Crippen LogP contribution in [0.3, 0.4) is 0 Å². The molecule has 1 amide bonds. The summed E-state index contributed by atoms with van der Waals surface area (Å²) in [5.41, 5.74) is 6.15. The second kappa shape index (κ2) is 6.83. The van der Waals surface area contributed by atoms with Gasteiger partial charge in [-0.1, -0.05) is 36.4 Å². The summed E-state index contributed by atoms with van der Waals surface area (Å²) in [5, 5.41) is 5.09. The highest BCUT2D eigenvalue weighted by Gasteiger charge is 2.18. The van der Waals surface area contributed by atoms with Crippen LogP contribution in [0.25, 0.3) is 11.1 Å². The topological polar surface area (TPSA) is 29.1 Å². The number of hydrogen-bond acceptors (Lipinski definition) is 3. The number of nitrogens with one attached hydrogen (secondary N) is 1. The molecule has 0 atom stereocenters. The summed E-state index contributed by atoms with van der Waals surface area (Å²) in [6, 6.07) is 18.9. The third-order valence-corrected chi connectivity index (χ3v) is 6.18. The monoisotopic (exact) mass is 351 g/mol. The van der Waals surface area contributed by atoms with Gasteiger partial charge in [-0.05, 0) is 52.3 Å². The van der Waals surface area contributed by atoms with Gasteiger partial charge in [0.25, 0.3) is 0 Å². The number of thiophene rings is 1. The molecule has 0 spiro atoms. The van der Waals surface area contributed by atoms with E-state index >= 15 is 0 Å². The molecule has 3 aromatic rings. The Labute approximate surface area is 149 Å². The van der Waals surface area contributed by atoms with Gasteiger partial charge in [-0.15, -0.1) is 23.1 Å². The third-order valence-electron chi connectivity index (χ3n) is 4.14. The highest BCUT2D eigenvalue weighted by Crippen LogP contribution is 2.37. The zero-order valence-corrected chi connectivity index (χ0v) is 14.8. The molecule has 2 aromatic carbocycles. The molecule has 1 N–H and O–H groups in total. The Bertz CT molecular complexity index is 871. The van der Waals surface area contributed by atoms with Crippen molar-refractivity contribution >= 4 is 34.7 Å². The first-order valence-corrected chi connectivity index (χ1v) is 9.94. The summed E-state index contributed by atoms with van der Waals surface area (Å²) in [7, 11) is 0. The number of hydrogen-bond donors (Lipinski definition) is 1. The van der Waals surface area contributed by atoms with Crippen molar-refractivity contribution in [3.63, 3.8) is 0 Å². The SMILES string of the molecule is O=C(CSCc1cccs1)Nc1ccc2c(c1)Cc1ccccc1-2. The van der Waals surface area contributed by atoms with Gasteiger partial charge in [0, 0.05) is 16.3 Å². The predicted molar refractivity (Wildman–Crippen MR) is 104 cm³/mol.